The zero-order valence-corrected chi connectivity index (χ0v) is 14.3. The first-order chi connectivity index (χ1) is 11.5. The molecule has 4 heteroatoms. The summed E-state index contributed by atoms with van der Waals surface area (Å²) in [4.78, 5) is 14.5. The average Bonchev–Trinajstić information content (AvgIpc) is 2.54. The van der Waals surface area contributed by atoms with Gasteiger partial charge in [-0.3, -0.25) is 4.79 Å². The highest BCUT2D eigenvalue weighted by Gasteiger charge is 2.28. The van der Waals surface area contributed by atoms with E-state index in [2.05, 4.69) is 0 Å². The van der Waals surface area contributed by atoms with Crippen molar-refractivity contribution >= 4 is 11.6 Å². The molecule has 0 aliphatic carbocycles. The molecule has 0 saturated heterocycles. The van der Waals surface area contributed by atoms with E-state index in [4.69, 9.17) is 4.74 Å². The van der Waals surface area contributed by atoms with Crippen LogP contribution in [0.1, 0.15) is 30.0 Å². The third kappa shape index (κ3) is 3.28. The number of aryl methyl sites for hydroxylation is 3. The van der Waals surface area contributed by atoms with Gasteiger partial charge in [0.05, 0.1) is 0 Å². The predicted molar refractivity (Wildman–Crippen MR) is 93.1 cm³/mol. The Kier molecular flexibility index (Phi) is 4.56. The van der Waals surface area contributed by atoms with E-state index in [0.717, 1.165) is 41.0 Å². The lowest BCUT2D eigenvalue weighted by atomic mass is 9.96. The van der Waals surface area contributed by atoms with Crippen molar-refractivity contribution in [2.24, 2.45) is 0 Å². The minimum Gasteiger partial charge on any atom is -0.483 e. The molecule has 3 nitrogen and oxygen atoms in total. The van der Waals surface area contributed by atoms with Gasteiger partial charge >= 0.3 is 0 Å². The fourth-order valence-electron chi connectivity index (χ4n) is 3.27. The second-order valence-electron chi connectivity index (χ2n) is 6.48. The number of anilines is 1. The maximum Gasteiger partial charge on any atom is 0.265 e. The van der Waals surface area contributed by atoms with E-state index in [0.29, 0.717) is 0 Å². The van der Waals surface area contributed by atoms with E-state index in [-0.39, 0.29) is 24.4 Å². The normalized spacial score (nSPS) is 16.7. The molecule has 0 bridgehead atoms. The van der Waals surface area contributed by atoms with E-state index in [1.165, 1.54) is 12.1 Å². The molecule has 126 valence electrons. The quantitative estimate of drug-likeness (QED) is 0.846. The van der Waals surface area contributed by atoms with Crippen molar-refractivity contribution in [2.75, 3.05) is 11.5 Å². The number of ether oxygens (including phenoxy) is 1. The van der Waals surface area contributed by atoms with Crippen LogP contribution in [0.5, 0.6) is 5.75 Å². The molecule has 1 heterocycles. The Morgan fingerprint density at radius 3 is 2.79 bits per heavy atom. The summed E-state index contributed by atoms with van der Waals surface area (Å²) in [6.07, 6.45) is 1.61. The summed E-state index contributed by atoms with van der Waals surface area (Å²) in [7, 11) is 0. The van der Waals surface area contributed by atoms with Gasteiger partial charge in [0.2, 0.25) is 0 Å². The van der Waals surface area contributed by atoms with E-state index >= 15 is 0 Å². The molecule has 1 amide bonds. The molecule has 2 aromatic carbocycles. The van der Waals surface area contributed by atoms with Crippen molar-refractivity contribution in [3.8, 4) is 5.75 Å². The molecule has 1 aliphatic heterocycles. The van der Waals surface area contributed by atoms with E-state index in [9.17, 15) is 9.18 Å². The Balaban J connectivity index is 1.77. The number of rotatable bonds is 3. The number of fused-ring (bicyclic) bond motifs is 1. The molecule has 1 atom stereocenters. The van der Waals surface area contributed by atoms with Gasteiger partial charge < -0.3 is 9.64 Å². The number of nitrogens with zero attached hydrogens (tertiary/aromatic N) is 1. The van der Waals surface area contributed by atoms with Gasteiger partial charge in [0.25, 0.3) is 5.91 Å². The largest absolute Gasteiger partial charge is 0.483 e. The number of carbonyl (C=O) groups is 1. The maximum absolute atomic E-state index is 13.4. The van der Waals surface area contributed by atoms with Crippen molar-refractivity contribution in [1.82, 2.24) is 0 Å². The fourth-order valence-corrected chi connectivity index (χ4v) is 3.27. The van der Waals surface area contributed by atoms with Gasteiger partial charge in [0, 0.05) is 11.7 Å². The smallest absolute Gasteiger partial charge is 0.265 e. The minimum absolute atomic E-state index is 0.0228. The summed E-state index contributed by atoms with van der Waals surface area (Å²) in [5.41, 5.74) is 3.85. The van der Waals surface area contributed by atoms with Crippen LogP contribution in [0, 0.1) is 19.7 Å². The van der Waals surface area contributed by atoms with Crippen LogP contribution in [-0.4, -0.2) is 18.6 Å². The molecule has 0 spiro atoms. The Hall–Kier alpha value is -2.36. The van der Waals surface area contributed by atoms with Gasteiger partial charge in [-0.05, 0) is 69.0 Å². The molecule has 3 rings (SSSR count). The van der Waals surface area contributed by atoms with Crippen LogP contribution in [0.25, 0.3) is 0 Å². The molecule has 1 aliphatic rings. The highest BCUT2D eigenvalue weighted by molar-refractivity contribution is 5.96. The molecule has 0 saturated carbocycles. The zero-order chi connectivity index (χ0) is 17.3. The summed E-state index contributed by atoms with van der Waals surface area (Å²) >= 11 is 0. The molecular weight excluding hydrogens is 305 g/mol. The lowest BCUT2D eigenvalue weighted by Crippen LogP contribution is -2.44. The van der Waals surface area contributed by atoms with Gasteiger partial charge in [0.1, 0.15) is 11.6 Å². The lowest BCUT2D eigenvalue weighted by molar-refractivity contribution is -0.121. The third-order valence-electron chi connectivity index (χ3n) is 4.52. The Bertz CT molecular complexity index is 772. The molecule has 0 radical (unpaired) electrons. The number of hydrogen-bond donors (Lipinski definition) is 0. The third-order valence-corrected chi connectivity index (χ3v) is 4.52. The van der Waals surface area contributed by atoms with E-state index < -0.39 is 0 Å². The summed E-state index contributed by atoms with van der Waals surface area (Å²) in [5, 5.41) is 0. The van der Waals surface area contributed by atoms with Crippen LogP contribution in [0.15, 0.2) is 36.4 Å². The van der Waals surface area contributed by atoms with Gasteiger partial charge in [-0.25, -0.2) is 4.39 Å². The monoisotopic (exact) mass is 327 g/mol. The predicted octanol–water partition coefficient (Wildman–Crippen LogP) is 4.19. The average molecular weight is 327 g/mol. The first-order valence-electron chi connectivity index (χ1n) is 8.26. The van der Waals surface area contributed by atoms with Crippen LogP contribution in [0.3, 0.4) is 0 Å². The molecule has 2 aromatic rings. The van der Waals surface area contributed by atoms with E-state index in [1.54, 1.807) is 11.0 Å². The fraction of sp³-hybridized carbons (Fsp3) is 0.350. The van der Waals surface area contributed by atoms with Crippen LogP contribution in [0.2, 0.25) is 0 Å². The maximum atomic E-state index is 13.4. The van der Waals surface area contributed by atoms with Crippen LogP contribution in [-0.2, 0) is 11.2 Å². The number of hydrogen-bond acceptors (Lipinski definition) is 2. The van der Waals surface area contributed by atoms with E-state index in [1.807, 2.05) is 39.0 Å². The number of benzene rings is 2. The lowest BCUT2D eigenvalue weighted by Gasteiger charge is -2.35. The van der Waals surface area contributed by atoms with Crippen LogP contribution < -0.4 is 9.64 Å². The Morgan fingerprint density at radius 2 is 2.04 bits per heavy atom. The van der Waals surface area contributed by atoms with Crippen molar-refractivity contribution < 1.29 is 13.9 Å². The molecule has 0 N–H and O–H groups in total. The standard InChI is InChI=1S/C20H22FNO2/c1-13-4-9-19(14(2)10-13)24-12-20(23)22-15(3)5-6-16-11-17(21)7-8-18(16)22/h4,7-11,15H,5-6,12H2,1-3H3. The molecule has 0 fully saturated rings. The van der Waals surface area contributed by atoms with Gasteiger partial charge in [-0.2, -0.15) is 0 Å². The van der Waals surface area contributed by atoms with Crippen molar-refractivity contribution in [3.05, 3.63) is 58.9 Å². The minimum atomic E-state index is -0.262. The van der Waals surface area contributed by atoms with Gasteiger partial charge in [0.15, 0.2) is 6.61 Å². The van der Waals surface area contributed by atoms with Gasteiger partial charge in [-0.1, -0.05) is 17.7 Å². The number of amides is 1. The molecule has 1 unspecified atom stereocenters. The first-order valence-corrected chi connectivity index (χ1v) is 8.26. The number of halogens is 1. The highest BCUT2D eigenvalue weighted by Crippen LogP contribution is 2.31. The highest BCUT2D eigenvalue weighted by atomic mass is 19.1. The second kappa shape index (κ2) is 6.63. The number of carbonyl (C=O) groups excluding carboxylic acids is 1. The summed E-state index contributed by atoms with van der Waals surface area (Å²) in [5.74, 6) is 0.357. The van der Waals surface area contributed by atoms with Crippen LogP contribution in [0.4, 0.5) is 10.1 Å². The summed E-state index contributed by atoms with van der Waals surface area (Å²) in [6.45, 7) is 5.98. The molecule has 24 heavy (non-hydrogen) atoms. The van der Waals surface area contributed by atoms with Crippen molar-refractivity contribution in [3.63, 3.8) is 0 Å². The Labute approximate surface area is 142 Å². The Morgan fingerprint density at radius 1 is 1.25 bits per heavy atom. The van der Waals surface area contributed by atoms with Crippen molar-refractivity contribution in [2.45, 2.75) is 39.7 Å². The molecular formula is C20H22FNO2. The first kappa shape index (κ1) is 16.5. The van der Waals surface area contributed by atoms with Gasteiger partial charge in [-0.15, -0.1) is 0 Å². The topological polar surface area (TPSA) is 29.5 Å². The van der Waals surface area contributed by atoms with Crippen molar-refractivity contribution in [1.29, 1.82) is 0 Å². The second-order valence-corrected chi connectivity index (χ2v) is 6.48. The molecule has 0 aromatic heterocycles. The summed E-state index contributed by atoms with van der Waals surface area (Å²) < 4.78 is 19.2. The summed E-state index contributed by atoms with van der Waals surface area (Å²) in [6, 6.07) is 10.6. The van der Waals surface area contributed by atoms with Crippen LogP contribution >= 0.6 is 0 Å². The zero-order valence-electron chi connectivity index (χ0n) is 14.3. The SMILES string of the molecule is Cc1ccc(OCC(=O)N2c3ccc(F)cc3CCC2C)c(C)c1.